The Morgan fingerprint density at radius 2 is 2.15 bits per heavy atom. The van der Waals surface area contributed by atoms with E-state index in [4.69, 9.17) is 23.2 Å². The van der Waals surface area contributed by atoms with Crippen molar-refractivity contribution in [3.63, 3.8) is 0 Å². The number of piperidine rings is 1. The zero-order valence-electron chi connectivity index (χ0n) is 11.2. The molecule has 1 amide bonds. The molecule has 0 bridgehead atoms. The van der Waals surface area contributed by atoms with E-state index < -0.39 is 0 Å². The van der Waals surface area contributed by atoms with Crippen LogP contribution < -0.4 is 5.32 Å². The molecule has 0 unspecified atom stereocenters. The Labute approximate surface area is 129 Å². The maximum absolute atomic E-state index is 12.4. The van der Waals surface area contributed by atoms with Gasteiger partial charge in [-0.15, -0.1) is 0 Å². The predicted molar refractivity (Wildman–Crippen MR) is 81.3 cm³/mol. The van der Waals surface area contributed by atoms with E-state index in [1.807, 2.05) is 11.0 Å². The molecule has 0 spiro atoms. The second-order valence-electron chi connectivity index (χ2n) is 5.69. The summed E-state index contributed by atoms with van der Waals surface area (Å²) in [5, 5.41) is 4.55. The molecule has 20 heavy (non-hydrogen) atoms. The molecule has 2 aliphatic rings. The van der Waals surface area contributed by atoms with Gasteiger partial charge in [-0.1, -0.05) is 29.3 Å². The number of hydrogen-bond donors (Lipinski definition) is 1. The summed E-state index contributed by atoms with van der Waals surface area (Å²) in [5.41, 5.74) is 0.923. The Kier molecular flexibility index (Phi) is 4.20. The fraction of sp³-hybridized carbons (Fsp3) is 0.533. The van der Waals surface area contributed by atoms with Crippen molar-refractivity contribution >= 4 is 29.1 Å². The molecule has 3 rings (SSSR count). The van der Waals surface area contributed by atoms with Crippen LogP contribution in [0, 0.1) is 5.92 Å². The number of rotatable bonds is 2. The van der Waals surface area contributed by atoms with Crippen molar-refractivity contribution < 1.29 is 4.79 Å². The minimum Gasteiger partial charge on any atom is -0.341 e. The zero-order chi connectivity index (χ0) is 14.1. The zero-order valence-corrected chi connectivity index (χ0v) is 12.8. The van der Waals surface area contributed by atoms with Crippen molar-refractivity contribution in [2.75, 3.05) is 19.6 Å². The molecule has 3 nitrogen and oxygen atoms in total. The first-order valence-electron chi connectivity index (χ1n) is 7.08. The number of benzene rings is 1. The molecule has 2 heterocycles. The molecule has 0 aliphatic carbocycles. The van der Waals surface area contributed by atoms with Crippen molar-refractivity contribution in [3.05, 3.63) is 33.8 Å². The molecule has 0 aromatic heterocycles. The van der Waals surface area contributed by atoms with E-state index in [0.717, 1.165) is 25.2 Å². The Morgan fingerprint density at radius 3 is 2.90 bits per heavy atom. The Balaban J connectivity index is 1.63. The van der Waals surface area contributed by atoms with Crippen LogP contribution >= 0.6 is 23.2 Å². The Hall–Kier alpha value is -0.770. The van der Waals surface area contributed by atoms with E-state index in [0.29, 0.717) is 28.4 Å². The fourth-order valence-corrected chi connectivity index (χ4v) is 3.51. The molecule has 0 radical (unpaired) electrons. The molecule has 2 saturated heterocycles. The first-order chi connectivity index (χ1) is 9.63. The van der Waals surface area contributed by atoms with Gasteiger partial charge >= 0.3 is 0 Å². The lowest BCUT2D eigenvalue weighted by atomic mass is 9.94. The summed E-state index contributed by atoms with van der Waals surface area (Å²) in [4.78, 5) is 14.4. The van der Waals surface area contributed by atoms with Crippen LogP contribution in [0.5, 0.6) is 0 Å². The Bertz CT molecular complexity index is 507. The predicted octanol–water partition coefficient (Wildman–Crippen LogP) is 2.75. The van der Waals surface area contributed by atoms with Crippen LogP contribution in [0.2, 0.25) is 10.0 Å². The molecule has 1 aromatic carbocycles. The lowest BCUT2D eigenvalue weighted by Gasteiger charge is -2.24. The molecule has 108 valence electrons. The highest BCUT2D eigenvalue weighted by atomic mass is 35.5. The van der Waals surface area contributed by atoms with Crippen molar-refractivity contribution in [3.8, 4) is 0 Å². The van der Waals surface area contributed by atoms with Crippen molar-refractivity contribution in [1.82, 2.24) is 10.2 Å². The van der Waals surface area contributed by atoms with E-state index >= 15 is 0 Å². The summed E-state index contributed by atoms with van der Waals surface area (Å²) in [6, 6.07) is 5.88. The van der Waals surface area contributed by atoms with Crippen LogP contribution in [0.1, 0.15) is 18.4 Å². The molecule has 2 aliphatic heterocycles. The minimum absolute atomic E-state index is 0.180. The maximum Gasteiger partial charge on any atom is 0.227 e. The standard InChI is InChI=1S/C15H18Cl2N2O/c16-12-4-3-10(6-13(12)17)7-15(20)19-8-11-2-1-5-18-14(11)9-19/h3-4,6,11,14,18H,1-2,5,7-9H2/t11-,14+/m0/s1. The fourth-order valence-electron chi connectivity index (χ4n) is 3.19. The molecule has 1 aromatic rings. The quantitative estimate of drug-likeness (QED) is 0.910. The van der Waals surface area contributed by atoms with Crippen LogP contribution in [0.4, 0.5) is 0 Å². The third-order valence-corrected chi connectivity index (χ3v) is 5.03. The summed E-state index contributed by atoms with van der Waals surface area (Å²) in [7, 11) is 0. The van der Waals surface area contributed by atoms with Gasteiger partial charge in [0, 0.05) is 19.1 Å². The number of fused-ring (bicyclic) bond motifs is 1. The molecular formula is C15H18Cl2N2O. The van der Waals surface area contributed by atoms with Crippen LogP contribution in [-0.4, -0.2) is 36.5 Å². The number of hydrogen-bond acceptors (Lipinski definition) is 2. The summed E-state index contributed by atoms with van der Waals surface area (Å²) >= 11 is 11.9. The van der Waals surface area contributed by atoms with Gasteiger partial charge in [-0.3, -0.25) is 4.79 Å². The van der Waals surface area contributed by atoms with Crippen molar-refractivity contribution in [2.24, 2.45) is 5.92 Å². The average Bonchev–Trinajstić information content (AvgIpc) is 2.87. The van der Waals surface area contributed by atoms with Gasteiger partial charge in [-0.25, -0.2) is 0 Å². The average molecular weight is 313 g/mol. The lowest BCUT2D eigenvalue weighted by molar-refractivity contribution is -0.129. The summed E-state index contributed by atoms with van der Waals surface area (Å²) in [5.74, 6) is 0.807. The summed E-state index contributed by atoms with van der Waals surface area (Å²) in [6.45, 7) is 2.80. The molecule has 2 atom stereocenters. The number of carbonyl (C=O) groups is 1. The lowest BCUT2D eigenvalue weighted by Crippen LogP contribution is -2.41. The normalized spacial score (nSPS) is 25.6. The molecule has 1 N–H and O–H groups in total. The monoisotopic (exact) mass is 312 g/mol. The SMILES string of the molecule is O=C(Cc1ccc(Cl)c(Cl)c1)N1C[C@@H]2CCCN[C@@H]2C1. The van der Waals surface area contributed by atoms with Gasteiger partial charge in [0.25, 0.3) is 0 Å². The van der Waals surface area contributed by atoms with Crippen LogP contribution in [0.25, 0.3) is 0 Å². The molecule has 0 saturated carbocycles. The van der Waals surface area contributed by atoms with Gasteiger partial charge in [-0.05, 0) is 43.0 Å². The van der Waals surface area contributed by atoms with E-state index in [2.05, 4.69) is 5.32 Å². The van der Waals surface area contributed by atoms with Crippen LogP contribution in [-0.2, 0) is 11.2 Å². The molecular weight excluding hydrogens is 295 g/mol. The van der Waals surface area contributed by atoms with E-state index in [9.17, 15) is 4.79 Å². The topological polar surface area (TPSA) is 32.3 Å². The first kappa shape index (κ1) is 14.2. The number of halogens is 2. The number of carbonyl (C=O) groups excluding carboxylic acids is 1. The van der Waals surface area contributed by atoms with Crippen molar-refractivity contribution in [1.29, 1.82) is 0 Å². The van der Waals surface area contributed by atoms with Gasteiger partial charge in [0.05, 0.1) is 16.5 Å². The van der Waals surface area contributed by atoms with E-state index in [1.54, 1.807) is 12.1 Å². The number of nitrogens with one attached hydrogen (secondary N) is 1. The third-order valence-electron chi connectivity index (χ3n) is 4.29. The second-order valence-corrected chi connectivity index (χ2v) is 6.50. The summed E-state index contributed by atoms with van der Waals surface area (Å²) < 4.78 is 0. The van der Waals surface area contributed by atoms with Gasteiger partial charge in [0.1, 0.15) is 0 Å². The van der Waals surface area contributed by atoms with E-state index in [1.165, 1.54) is 12.8 Å². The highest BCUT2D eigenvalue weighted by Gasteiger charge is 2.36. The Morgan fingerprint density at radius 1 is 1.30 bits per heavy atom. The third kappa shape index (κ3) is 2.95. The van der Waals surface area contributed by atoms with Crippen molar-refractivity contribution in [2.45, 2.75) is 25.3 Å². The largest absolute Gasteiger partial charge is 0.341 e. The van der Waals surface area contributed by atoms with Crippen LogP contribution in [0.3, 0.4) is 0 Å². The second kappa shape index (κ2) is 5.92. The van der Waals surface area contributed by atoms with Crippen LogP contribution in [0.15, 0.2) is 18.2 Å². The van der Waals surface area contributed by atoms with Gasteiger partial charge in [-0.2, -0.15) is 0 Å². The number of amides is 1. The first-order valence-corrected chi connectivity index (χ1v) is 7.84. The highest BCUT2D eigenvalue weighted by Crippen LogP contribution is 2.26. The summed E-state index contributed by atoms with van der Waals surface area (Å²) in [6.07, 6.45) is 2.85. The van der Waals surface area contributed by atoms with Gasteiger partial charge in [0.2, 0.25) is 5.91 Å². The highest BCUT2D eigenvalue weighted by molar-refractivity contribution is 6.42. The maximum atomic E-state index is 12.4. The van der Waals surface area contributed by atoms with Gasteiger partial charge < -0.3 is 10.2 Å². The minimum atomic E-state index is 0.180. The molecule has 5 heteroatoms. The number of likely N-dealkylation sites (tertiary alicyclic amines) is 1. The molecule has 2 fully saturated rings. The van der Waals surface area contributed by atoms with Gasteiger partial charge in [0.15, 0.2) is 0 Å². The van der Waals surface area contributed by atoms with E-state index in [-0.39, 0.29) is 5.91 Å². The number of nitrogens with zero attached hydrogens (tertiary/aromatic N) is 1. The smallest absolute Gasteiger partial charge is 0.227 e.